The number of aliphatic hydroxyl groups is 1. The van der Waals surface area contributed by atoms with E-state index < -0.39 is 0 Å². The predicted molar refractivity (Wildman–Crippen MR) is 85.3 cm³/mol. The topological polar surface area (TPSA) is 32.7 Å². The monoisotopic (exact) mass is 295 g/mol. The van der Waals surface area contributed by atoms with Crippen LogP contribution in [0.4, 0.5) is 0 Å². The lowest BCUT2D eigenvalue weighted by Gasteiger charge is -2.39. The van der Waals surface area contributed by atoms with Crippen LogP contribution in [0, 0.1) is 16.7 Å². The van der Waals surface area contributed by atoms with Gasteiger partial charge in [0.05, 0.1) is 18.8 Å². The van der Waals surface area contributed by atoms with Gasteiger partial charge in [0.1, 0.15) is 0 Å². The normalized spacial score (nSPS) is 40.6. The first-order valence-electron chi connectivity index (χ1n) is 8.95. The van der Waals surface area contributed by atoms with E-state index in [2.05, 4.69) is 25.7 Å². The van der Waals surface area contributed by atoms with Gasteiger partial charge in [-0.3, -0.25) is 0 Å². The highest BCUT2D eigenvalue weighted by atomic mass is 16.5. The van der Waals surface area contributed by atoms with Gasteiger partial charge in [-0.25, -0.2) is 0 Å². The van der Waals surface area contributed by atoms with Crippen molar-refractivity contribution in [1.29, 1.82) is 0 Å². The number of β-amino-alcohol motifs (C(OH)–C–C–N with tert-alkyl or cyclic N) is 1. The summed E-state index contributed by atoms with van der Waals surface area (Å²) in [7, 11) is 0. The van der Waals surface area contributed by atoms with Crippen molar-refractivity contribution in [3.8, 4) is 0 Å². The van der Waals surface area contributed by atoms with E-state index in [-0.39, 0.29) is 6.10 Å². The molecule has 1 aliphatic heterocycles. The van der Waals surface area contributed by atoms with Gasteiger partial charge in [0.25, 0.3) is 0 Å². The molecule has 21 heavy (non-hydrogen) atoms. The van der Waals surface area contributed by atoms with Gasteiger partial charge in [-0.05, 0) is 61.9 Å². The molecule has 122 valence electrons. The molecule has 1 saturated heterocycles. The van der Waals surface area contributed by atoms with Crippen LogP contribution in [-0.2, 0) is 4.74 Å². The Labute approximate surface area is 130 Å². The van der Waals surface area contributed by atoms with Crippen molar-refractivity contribution in [2.45, 2.75) is 71.5 Å². The van der Waals surface area contributed by atoms with Crippen LogP contribution in [0.5, 0.6) is 0 Å². The van der Waals surface area contributed by atoms with Gasteiger partial charge >= 0.3 is 0 Å². The Bertz CT molecular complexity index is 364. The standard InChI is InChI=1S/C18H33NO2/c1-17(2)14-7-8-18(17,3)16(11-14)21-13-15(20)12-19-9-5-4-6-10-19/h14-16,20H,4-13H2,1-3H3/t14-,15+,16+,18-/m0/s1. The number of rotatable bonds is 5. The number of aliphatic hydroxyl groups excluding tert-OH is 1. The molecule has 0 aromatic carbocycles. The fourth-order valence-electron chi connectivity index (χ4n) is 5.10. The number of ether oxygens (including phenoxy) is 1. The minimum absolute atomic E-state index is 0.308. The Morgan fingerprint density at radius 1 is 1.19 bits per heavy atom. The van der Waals surface area contributed by atoms with Crippen molar-refractivity contribution in [1.82, 2.24) is 4.90 Å². The van der Waals surface area contributed by atoms with Crippen LogP contribution < -0.4 is 0 Å². The zero-order valence-corrected chi connectivity index (χ0v) is 14.1. The molecular formula is C18H33NO2. The summed E-state index contributed by atoms with van der Waals surface area (Å²) in [6.07, 6.45) is 7.78. The number of likely N-dealkylation sites (tertiary alicyclic amines) is 1. The molecule has 1 heterocycles. The van der Waals surface area contributed by atoms with Gasteiger partial charge in [-0.2, -0.15) is 0 Å². The third-order valence-corrected chi connectivity index (χ3v) is 7.12. The Morgan fingerprint density at radius 3 is 2.48 bits per heavy atom. The summed E-state index contributed by atoms with van der Waals surface area (Å²) in [5.41, 5.74) is 0.706. The van der Waals surface area contributed by atoms with Gasteiger partial charge in [0.15, 0.2) is 0 Å². The second kappa shape index (κ2) is 5.82. The Hall–Kier alpha value is -0.120. The van der Waals surface area contributed by atoms with E-state index >= 15 is 0 Å². The largest absolute Gasteiger partial charge is 0.389 e. The first-order chi connectivity index (χ1) is 9.93. The van der Waals surface area contributed by atoms with Crippen LogP contribution in [0.15, 0.2) is 0 Å². The molecule has 2 bridgehead atoms. The van der Waals surface area contributed by atoms with E-state index in [0.29, 0.717) is 23.5 Å². The van der Waals surface area contributed by atoms with Crippen molar-refractivity contribution in [2.24, 2.45) is 16.7 Å². The van der Waals surface area contributed by atoms with E-state index in [1.54, 1.807) is 0 Å². The third-order valence-electron chi connectivity index (χ3n) is 7.12. The summed E-state index contributed by atoms with van der Waals surface area (Å²) in [6.45, 7) is 10.8. The number of nitrogens with zero attached hydrogens (tertiary/aromatic N) is 1. The van der Waals surface area contributed by atoms with Gasteiger partial charge in [0.2, 0.25) is 0 Å². The summed E-state index contributed by atoms with van der Waals surface area (Å²) in [4.78, 5) is 2.39. The minimum atomic E-state index is -0.325. The number of piperidine rings is 1. The lowest BCUT2D eigenvalue weighted by Crippen LogP contribution is -2.41. The summed E-state index contributed by atoms with van der Waals surface area (Å²) in [6, 6.07) is 0. The molecule has 0 aromatic rings. The lowest BCUT2D eigenvalue weighted by molar-refractivity contribution is -0.0798. The molecule has 0 amide bonds. The molecule has 3 heteroatoms. The maximum absolute atomic E-state index is 10.3. The molecule has 1 N–H and O–H groups in total. The van der Waals surface area contributed by atoms with Gasteiger partial charge in [-0.1, -0.05) is 27.2 Å². The molecule has 0 spiro atoms. The first-order valence-corrected chi connectivity index (χ1v) is 8.95. The molecule has 4 atom stereocenters. The van der Waals surface area contributed by atoms with E-state index in [4.69, 9.17) is 4.74 Å². The highest BCUT2D eigenvalue weighted by molar-refractivity contribution is 5.11. The smallest absolute Gasteiger partial charge is 0.0900 e. The van der Waals surface area contributed by atoms with Crippen molar-refractivity contribution in [3.05, 3.63) is 0 Å². The second-order valence-electron chi connectivity index (χ2n) is 8.45. The summed E-state index contributed by atoms with van der Waals surface area (Å²) in [5, 5.41) is 10.3. The van der Waals surface area contributed by atoms with Crippen molar-refractivity contribution < 1.29 is 9.84 Å². The molecular weight excluding hydrogens is 262 g/mol. The lowest BCUT2D eigenvalue weighted by atomic mass is 9.70. The summed E-state index contributed by atoms with van der Waals surface area (Å²) in [5.74, 6) is 0.812. The molecule has 2 aliphatic carbocycles. The number of hydrogen-bond donors (Lipinski definition) is 1. The van der Waals surface area contributed by atoms with E-state index in [1.807, 2.05) is 0 Å². The van der Waals surface area contributed by atoms with Gasteiger partial charge < -0.3 is 14.7 Å². The highest BCUT2D eigenvalue weighted by Crippen LogP contribution is 2.66. The van der Waals surface area contributed by atoms with Crippen LogP contribution in [0.1, 0.15) is 59.3 Å². The van der Waals surface area contributed by atoms with Gasteiger partial charge in [0, 0.05) is 6.54 Å². The van der Waals surface area contributed by atoms with E-state index in [0.717, 1.165) is 25.6 Å². The molecule has 3 rings (SSSR count). The number of hydrogen-bond acceptors (Lipinski definition) is 3. The molecule has 0 aromatic heterocycles. The molecule has 2 saturated carbocycles. The van der Waals surface area contributed by atoms with Gasteiger partial charge in [-0.15, -0.1) is 0 Å². The van der Waals surface area contributed by atoms with Crippen LogP contribution >= 0.6 is 0 Å². The first kappa shape index (κ1) is 15.8. The summed E-state index contributed by atoms with van der Waals surface area (Å²) < 4.78 is 6.20. The van der Waals surface area contributed by atoms with Crippen LogP contribution in [0.2, 0.25) is 0 Å². The molecule has 3 nitrogen and oxygen atoms in total. The zero-order chi connectivity index (χ0) is 15.1. The fraction of sp³-hybridized carbons (Fsp3) is 1.00. The molecule has 0 unspecified atom stereocenters. The van der Waals surface area contributed by atoms with Crippen LogP contribution in [0.3, 0.4) is 0 Å². The molecule has 3 aliphatic rings. The zero-order valence-electron chi connectivity index (χ0n) is 14.1. The van der Waals surface area contributed by atoms with Crippen molar-refractivity contribution in [2.75, 3.05) is 26.2 Å². The predicted octanol–water partition coefficient (Wildman–Crippen LogP) is 3.06. The third kappa shape index (κ3) is 2.77. The molecule has 0 radical (unpaired) electrons. The minimum Gasteiger partial charge on any atom is -0.389 e. The Morgan fingerprint density at radius 2 is 1.90 bits per heavy atom. The van der Waals surface area contributed by atoms with Crippen molar-refractivity contribution >= 4 is 0 Å². The highest BCUT2D eigenvalue weighted by Gasteiger charge is 2.61. The quantitative estimate of drug-likeness (QED) is 0.846. The fourth-order valence-corrected chi connectivity index (χ4v) is 5.10. The number of fused-ring (bicyclic) bond motifs is 2. The van der Waals surface area contributed by atoms with Crippen molar-refractivity contribution in [3.63, 3.8) is 0 Å². The maximum Gasteiger partial charge on any atom is 0.0900 e. The average molecular weight is 295 g/mol. The second-order valence-corrected chi connectivity index (χ2v) is 8.45. The average Bonchev–Trinajstić information content (AvgIpc) is 2.79. The van der Waals surface area contributed by atoms with Crippen LogP contribution in [0.25, 0.3) is 0 Å². The summed E-state index contributed by atoms with van der Waals surface area (Å²) >= 11 is 0. The Balaban J connectivity index is 1.47. The van der Waals surface area contributed by atoms with E-state index in [1.165, 1.54) is 38.5 Å². The Kier molecular flexibility index (Phi) is 4.37. The maximum atomic E-state index is 10.3. The SMILES string of the molecule is CC1(C)[C@H]2CC[C@@]1(C)[C@H](OC[C@H](O)CN1CCCCC1)C2. The van der Waals surface area contributed by atoms with E-state index in [9.17, 15) is 5.11 Å². The van der Waals surface area contributed by atoms with Crippen LogP contribution in [-0.4, -0.2) is 48.5 Å². The molecule has 3 fully saturated rings.